The fraction of sp³-hybridized carbons (Fsp3) is 0.978. The smallest absolute Gasteiger partial charge is 0.374 e. The molecule has 304 valence electrons. The van der Waals surface area contributed by atoms with Gasteiger partial charge in [0.2, 0.25) is 6.08 Å². The van der Waals surface area contributed by atoms with Crippen LogP contribution in [0.25, 0.3) is 0 Å². The van der Waals surface area contributed by atoms with Crippen LogP contribution in [-0.2, 0) is 18.1 Å². The number of rotatable bonds is 45. The minimum atomic E-state index is -2.43. The van der Waals surface area contributed by atoms with E-state index in [0.717, 1.165) is 12.5 Å². The quantitative estimate of drug-likeness (QED) is 0.0270. The van der Waals surface area contributed by atoms with Gasteiger partial charge in [0.25, 0.3) is 0 Å². The number of nitrogens with zero attached hydrogens (tertiary/aromatic N) is 1. The molecule has 0 amide bonds. The summed E-state index contributed by atoms with van der Waals surface area (Å²) in [4.78, 5) is 13.6. The molecule has 0 aliphatic carbocycles. The molecule has 0 rings (SSSR count). The first-order valence-corrected chi connectivity index (χ1v) is 25.1. The Balaban J connectivity index is 3.20. The first kappa shape index (κ1) is 50.5. The van der Waals surface area contributed by atoms with Crippen LogP contribution < -0.4 is 0 Å². The second-order valence-corrected chi connectivity index (χ2v) is 18.2. The van der Waals surface area contributed by atoms with E-state index in [1.807, 2.05) is 20.8 Å². The predicted octanol–water partition coefficient (Wildman–Crippen LogP) is 15.4. The summed E-state index contributed by atoms with van der Waals surface area (Å²) in [5.74, 6) is 0. The van der Waals surface area contributed by atoms with Gasteiger partial charge in [-0.2, -0.15) is 0 Å². The van der Waals surface area contributed by atoms with Gasteiger partial charge in [0.05, 0.1) is 6.54 Å². The molecule has 5 nitrogen and oxygen atoms in total. The molecule has 0 heterocycles. The summed E-state index contributed by atoms with van der Waals surface area (Å²) in [6.45, 7) is 8.84. The molecule has 0 aromatic rings. The number of isocyanates is 1. The summed E-state index contributed by atoms with van der Waals surface area (Å²) in [6, 6.07) is 0.970. The Hall–Kier alpha value is -0.523. The standard InChI is InChI=1S/C45H91NO4Si/c1-4-48-51(49-5-2,50-6-3)44-42-40-38-36-34-32-30-28-26-24-22-20-18-16-14-12-10-8-7-9-11-13-15-17-19-21-23-25-27-29-31-33-35-37-39-41-43-46-45-47/h4-44H2,1-3H3. The number of hydrogen-bond acceptors (Lipinski definition) is 5. The summed E-state index contributed by atoms with van der Waals surface area (Å²) in [7, 11) is -2.43. The van der Waals surface area contributed by atoms with Crippen molar-refractivity contribution in [3.63, 3.8) is 0 Å². The van der Waals surface area contributed by atoms with Crippen LogP contribution in [0.3, 0.4) is 0 Å². The lowest BCUT2D eigenvalue weighted by atomic mass is 10.0. The molecular formula is C45H91NO4Si. The summed E-state index contributed by atoms with van der Waals surface area (Å²) < 4.78 is 17.9. The van der Waals surface area contributed by atoms with E-state index in [2.05, 4.69) is 4.99 Å². The van der Waals surface area contributed by atoms with Crippen molar-refractivity contribution in [2.24, 2.45) is 4.99 Å². The van der Waals surface area contributed by atoms with Crippen molar-refractivity contribution in [3.8, 4) is 0 Å². The van der Waals surface area contributed by atoms with E-state index in [4.69, 9.17) is 13.3 Å². The molecule has 6 heteroatoms. The molecule has 0 aliphatic rings. The molecule has 0 fully saturated rings. The first-order chi connectivity index (χ1) is 25.2. The van der Waals surface area contributed by atoms with Gasteiger partial charge in [-0.05, 0) is 33.6 Å². The molecule has 0 saturated heterocycles. The summed E-state index contributed by atoms with van der Waals surface area (Å²) in [5, 5.41) is 0. The van der Waals surface area contributed by atoms with E-state index >= 15 is 0 Å². The van der Waals surface area contributed by atoms with E-state index in [0.29, 0.717) is 26.4 Å². The minimum absolute atomic E-state index is 0.666. The average Bonchev–Trinajstić information content (AvgIpc) is 3.13. The van der Waals surface area contributed by atoms with Gasteiger partial charge in [-0.3, -0.25) is 0 Å². The van der Waals surface area contributed by atoms with E-state index in [1.54, 1.807) is 6.08 Å². The Kier molecular flexibility index (Phi) is 43.4. The third-order valence-electron chi connectivity index (χ3n) is 10.7. The molecule has 0 N–H and O–H groups in total. The molecule has 0 aliphatic heterocycles. The Bertz CT molecular complexity index is 685. The van der Waals surface area contributed by atoms with Crippen molar-refractivity contribution >= 4 is 14.9 Å². The highest BCUT2D eigenvalue weighted by Gasteiger charge is 2.39. The zero-order chi connectivity index (χ0) is 37.0. The van der Waals surface area contributed by atoms with Gasteiger partial charge >= 0.3 is 8.80 Å². The topological polar surface area (TPSA) is 57.1 Å². The molecule has 0 saturated carbocycles. The molecule has 0 radical (unpaired) electrons. The summed E-state index contributed by atoms with van der Waals surface area (Å²) in [6.07, 6.45) is 52.2. The molecule has 0 aromatic heterocycles. The molecule has 51 heavy (non-hydrogen) atoms. The molecular weight excluding hydrogens is 647 g/mol. The van der Waals surface area contributed by atoms with E-state index < -0.39 is 8.80 Å². The first-order valence-electron chi connectivity index (χ1n) is 23.2. The predicted molar refractivity (Wildman–Crippen MR) is 225 cm³/mol. The Labute approximate surface area is 321 Å². The molecule has 0 spiro atoms. The normalized spacial score (nSPS) is 11.7. The number of hydrogen-bond donors (Lipinski definition) is 0. The van der Waals surface area contributed by atoms with Crippen LogP contribution in [0.1, 0.15) is 252 Å². The highest BCUT2D eigenvalue weighted by atomic mass is 28.4. The van der Waals surface area contributed by atoms with Crippen LogP contribution in [0.5, 0.6) is 0 Å². The lowest BCUT2D eigenvalue weighted by Gasteiger charge is -2.28. The zero-order valence-corrected chi connectivity index (χ0v) is 36.1. The van der Waals surface area contributed by atoms with E-state index in [9.17, 15) is 4.79 Å². The lowest BCUT2D eigenvalue weighted by Crippen LogP contribution is -2.45. The average molecular weight is 738 g/mol. The van der Waals surface area contributed by atoms with Crippen LogP contribution in [-0.4, -0.2) is 41.2 Å². The number of unbranched alkanes of at least 4 members (excludes halogenated alkanes) is 35. The maximum Gasteiger partial charge on any atom is 0.500 e. The van der Waals surface area contributed by atoms with Gasteiger partial charge in [0.15, 0.2) is 0 Å². The molecule has 0 aromatic carbocycles. The number of aliphatic imine (C=N–C) groups is 1. The van der Waals surface area contributed by atoms with Gasteiger partial charge in [-0.25, -0.2) is 9.79 Å². The third-order valence-corrected chi connectivity index (χ3v) is 13.8. The van der Waals surface area contributed by atoms with Crippen LogP contribution in [0.4, 0.5) is 0 Å². The van der Waals surface area contributed by atoms with Gasteiger partial charge in [0.1, 0.15) is 0 Å². The monoisotopic (exact) mass is 738 g/mol. The van der Waals surface area contributed by atoms with Crippen molar-refractivity contribution in [2.45, 2.75) is 258 Å². The van der Waals surface area contributed by atoms with Gasteiger partial charge < -0.3 is 13.3 Å². The maximum atomic E-state index is 10.0. The number of carbonyl (C=O) groups excluding carboxylic acids is 1. The Morgan fingerprint density at radius 1 is 0.333 bits per heavy atom. The van der Waals surface area contributed by atoms with Crippen molar-refractivity contribution in [3.05, 3.63) is 0 Å². The SMILES string of the molecule is CCO[Si](CCCCCCCCCCCCCCCCCCCCCCCCCCCCCCCCCCCCCCN=C=O)(OCC)OCC. The van der Waals surface area contributed by atoms with Crippen LogP contribution in [0.15, 0.2) is 4.99 Å². The zero-order valence-electron chi connectivity index (χ0n) is 35.1. The van der Waals surface area contributed by atoms with Gasteiger partial charge in [-0.15, -0.1) is 0 Å². The molecule has 0 unspecified atom stereocenters. The molecule has 0 atom stereocenters. The van der Waals surface area contributed by atoms with Crippen LogP contribution in [0.2, 0.25) is 6.04 Å². The lowest BCUT2D eigenvalue weighted by molar-refractivity contribution is 0.0706. The van der Waals surface area contributed by atoms with Crippen molar-refractivity contribution < 1.29 is 18.1 Å². The Morgan fingerprint density at radius 2 is 0.529 bits per heavy atom. The summed E-state index contributed by atoms with van der Waals surface area (Å²) >= 11 is 0. The largest absolute Gasteiger partial charge is 0.500 e. The Morgan fingerprint density at radius 3 is 0.725 bits per heavy atom. The fourth-order valence-electron chi connectivity index (χ4n) is 7.59. The second-order valence-electron chi connectivity index (χ2n) is 15.4. The third kappa shape index (κ3) is 39.0. The van der Waals surface area contributed by atoms with Gasteiger partial charge in [0, 0.05) is 25.9 Å². The summed E-state index contributed by atoms with van der Waals surface area (Å²) in [5.41, 5.74) is 0. The second kappa shape index (κ2) is 43.9. The highest BCUT2D eigenvalue weighted by Crippen LogP contribution is 2.21. The van der Waals surface area contributed by atoms with Gasteiger partial charge in [-0.1, -0.05) is 218 Å². The van der Waals surface area contributed by atoms with Crippen molar-refractivity contribution in [1.82, 2.24) is 0 Å². The van der Waals surface area contributed by atoms with E-state index in [-0.39, 0.29) is 0 Å². The minimum Gasteiger partial charge on any atom is -0.374 e. The molecule has 0 bridgehead atoms. The fourth-order valence-corrected chi connectivity index (χ4v) is 10.3. The van der Waals surface area contributed by atoms with Crippen LogP contribution in [0, 0.1) is 0 Å². The van der Waals surface area contributed by atoms with Crippen molar-refractivity contribution in [2.75, 3.05) is 26.4 Å². The van der Waals surface area contributed by atoms with E-state index in [1.165, 1.54) is 225 Å². The highest BCUT2D eigenvalue weighted by molar-refractivity contribution is 6.60. The maximum absolute atomic E-state index is 10.0. The van der Waals surface area contributed by atoms with Crippen molar-refractivity contribution in [1.29, 1.82) is 0 Å². The van der Waals surface area contributed by atoms with Crippen LogP contribution >= 0.6 is 0 Å².